The van der Waals surface area contributed by atoms with Gasteiger partial charge < -0.3 is 11.5 Å². The van der Waals surface area contributed by atoms with E-state index >= 15 is 0 Å². The molecule has 0 spiro atoms. The van der Waals surface area contributed by atoms with E-state index in [2.05, 4.69) is 15.8 Å². The quantitative estimate of drug-likeness (QED) is 0.290. The summed E-state index contributed by atoms with van der Waals surface area (Å²) in [6.45, 7) is 0. The van der Waals surface area contributed by atoms with E-state index in [1.165, 1.54) is 0 Å². The van der Waals surface area contributed by atoms with Gasteiger partial charge in [0.15, 0.2) is 0 Å². The van der Waals surface area contributed by atoms with Gasteiger partial charge in [0.05, 0.1) is 11.4 Å². The summed E-state index contributed by atoms with van der Waals surface area (Å²) in [5, 5.41) is 15.1. The van der Waals surface area contributed by atoms with Gasteiger partial charge in [-0.05, 0) is 48.5 Å². The maximum absolute atomic E-state index is 10.9. The van der Waals surface area contributed by atoms with Crippen LogP contribution in [0, 0.1) is 5.41 Å². The van der Waals surface area contributed by atoms with Gasteiger partial charge >= 0.3 is 0 Å². The van der Waals surface area contributed by atoms with Gasteiger partial charge in [-0.2, -0.15) is 0 Å². The smallest absolute Gasteiger partial charge is 0.248 e. The van der Waals surface area contributed by atoms with Gasteiger partial charge in [0.1, 0.15) is 5.84 Å². The standard InChI is InChI=1S/C14H14N6O/c15-13(16)9-1-5-11(6-2-9)18-20-19-12-7-3-10(4-8-12)14(17)21/h1-8H,(H3,15,16)(H2,17,21)(H,18,19). The van der Waals surface area contributed by atoms with Gasteiger partial charge in [0.25, 0.3) is 0 Å². The van der Waals surface area contributed by atoms with E-state index in [0.29, 0.717) is 16.8 Å². The van der Waals surface area contributed by atoms with E-state index in [1.807, 2.05) is 0 Å². The lowest BCUT2D eigenvalue weighted by Gasteiger charge is -2.01. The first-order valence-electron chi connectivity index (χ1n) is 6.07. The van der Waals surface area contributed by atoms with Gasteiger partial charge in [0.2, 0.25) is 5.91 Å². The van der Waals surface area contributed by atoms with Crippen LogP contribution < -0.4 is 16.9 Å². The first kappa shape index (κ1) is 14.2. The van der Waals surface area contributed by atoms with Gasteiger partial charge in [-0.15, -0.1) is 5.11 Å². The van der Waals surface area contributed by atoms with Crippen molar-refractivity contribution in [2.75, 3.05) is 5.43 Å². The van der Waals surface area contributed by atoms with Crippen LogP contribution in [-0.2, 0) is 0 Å². The number of carbonyl (C=O) groups is 1. The van der Waals surface area contributed by atoms with E-state index in [4.69, 9.17) is 16.9 Å². The molecule has 0 bridgehead atoms. The van der Waals surface area contributed by atoms with Crippen LogP contribution in [0.15, 0.2) is 58.9 Å². The molecule has 0 aliphatic heterocycles. The second kappa shape index (κ2) is 6.29. The molecule has 0 heterocycles. The van der Waals surface area contributed by atoms with Crippen molar-refractivity contribution in [3.63, 3.8) is 0 Å². The first-order valence-corrected chi connectivity index (χ1v) is 6.07. The fourth-order valence-electron chi connectivity index (χ4n) is 1.56. The molecule has 0 aromatic heterocycles. The zero-order valence-electron chi connectivity index (χ0n) is 11.1. The first-order chi connectivity index (χ1) is 10.1. The van der Waals surface area contributed by atoms with E-state index in [9.17, 15) is 4.79 Å². The molecule has 0 atom stereocenters. The van der Waals surface area contributed by atoms with Crippen molar-refractivity contribution in [1.82, 2.24) is 0 Å². The van der Waals surface area contributed by atoms with Crippen molar-refractivity contribution in [2.24, 2.45) is 21.8 Å². The minimum Gasteiger partial charge on any atom is -0.384 e. The number of hydrogen-bond donors (Lipinski definition) is 4. The zero-order chi connectivity index (χ0) is 15.2. The second-order valence-electron chi connectivity index (χ2n) is 4.21. The molecule has 2 rings (SSSR count). The predicted octanol–water partition coefficient (Wildman–Crippen LogP) is 2.18. The minimum atomic E-state index is -0.484. The number of primary amides is 1. The number of rotatable bonds is 5. The maximum atomic E-state index is 10.9. The van der Waals surface area contributed by atoms with Crippen molar-refractivity contribution >= 4 is 23.1 Å². The third kappa shape index (κ3) is 3.87. The highest BCUT2D eigenvalue weighted by atomic mass is 16.1. The summed E-state index contributed by atoms with van der Waals surface area (Å²) in [7, 11) is 0. The summed E-state index contributed by atoms with van der Waals surface area (Å²) in [6.07, 6.45) is 0. The van der Waals surface area contributed by atoms with Crippen LogP contribution >= 0.6 is 0 Å². The van der Waals surface area contributed by atoms with Crippen LogP contribution in [0.5, 0.6) is 0 Å². The maximum Gasteiger partial charge on any atom is 0.248 e. The van der Waals surface area contributed by atoms with E-state index in [0.717, 1.165) is 5.69 Å². The number of nitrogens with zero attached hydrogens (tertiary/aromatic N) is 2. The molecule has 0 radical (unpaired) electrons. The molecular weight excluding hydrogens is 268 g/mol. The van der Waals surface area contributed by atoms with Crippen molar-refractivity contribution in [2.45, 2.75) is 0 Å². The fraction of sp³-hybridized carbons (Fsp3) is 0. The van der Waals surface area contributed by atoms with Gasteiger partial charge in [-0.25, -0.2) is 0 Å². The highest BCUT2D eigenvalue weighted by molar-refractivity contribution is 5.95. The van der Waals surface area contributed by atoms with Crippen LogP contribution in [0.1, 0.15) is 15.9 Å². The largest absolute Gasteiger partial charge is 0.384 e. The van der Waals surface area contributed by atoms with E-state index in [-0.39, 0.29) is 5.84 Å². The molecule has 7 nitrogen and oxygen atoms in total. The summed E-state index contributed by atoms with van der Waals surface area (Å²) in [5.74, 6) is -0.472. The lowest BCUT2D eigenvalue weighted by atomic mass is 10.2. The number of carbonyl (C=O) groups excluding carboxylic acids is 1. The second-order valence-corrected chi connectivity index (χ2v) is 4.21. The number of benzene rings is 2. The Bertz CT molecular complexity index is 676. The molecule has 0 aliphatic carbocycles. The van der Waals surface area contributed by atoms with Gasteiger partial charge in [-0.3, -0.25) is 15.6 Å². The van der Waals surface area contributed by atoms with Crippen molar-refractivity contribution in [1.29, 1.82) is 5.41 Å². The fourth-order valence-corrected chi connectivity index (χ4v) is 1.56. The zero-order valence-corrected chi connectivity index (χ0v) is 11.1. The highest BCUT2D eigenvalue weighted by Crippen LogP contribution is 2.14. The molecule has 0 aliphatic rings. The van der Waals surface area contributed by atoms with Crippen LogP contribution in [-0.4, -0.2) is 11.7 Å². The van der Waals surface area contributed by atoms with E-state index < -0.39 is 5.91 Å². The summed E-state index contributed by atoms with van der Waals surface area (Å²) in [4.78, 5) is 10.9. The van der Waals surface area contributed by atoms with Crippen molar-refractivity contribution in [3.8, 4) is 0 Å². The van der Waals surface area contributed by atoms with Crippen LogP contribution in [0.4, 0.5) is 11.4 Å². The Labute approximate surface area is 121 Å². The molecular formula is C14H14N6O. The number of amides is 1. The Morgan fingerprint density at radius 3 is 2.05 bits per heavy atom. The molecule has 7 heteroatoms. The average Bonchev–Trinajstić information content (AvgIpc) is 2.48. The Kier molecular flexibility index (Phi) is 4.25. The van der Waals surface area contributed by atoms with Crippen LogP contribution in [0.2, 0.25) is 0 Å². The Hall–Kier alpha value is -3.22. The Morgan fingerprint density at radius 2 is 1.52 bits per heavy atom. The molecule has 2 aromatic carbocycles. The molecule has 0 saturated carbocycles. The molecule has 2 aromatic rings. The summed E-state index contributed by atoms with van der Waals surface area (Å²) < 4.78 is 0. The topological polar surface area (TPSA) is 130 Å². The van der Waals surface area contributed by atoms with Crippen molar-refractivity contribution < 1.29 is 4.79 Å². The van der Waals surface area contributed by atoms with E-state index in [1.54, 1.807) is 48.5 Å². The van der Waals surface area contributed by atoms with Gasteiger partial charge in [-0.1, -0.05) is 5.22 Å². The normalized spacial score (nSPS) is 10.5. The number of anilines is 1. The average molecular weight is 282 g/mol. The third-order valence-corrected chi connectivity index (χ3v) is 2.69. The number of hydrogen-bond acceptors (Lipinski definition) is 4. The third-order valence-electron chi connectivity index (χ3n) is 2.69. The predicted molar refractivity (Wildman–Crippen MR) is 80.6 cm³/mol. The molecule has 1 amide bonds. The SMILES string of the molecule is N=C(N)c1ccc(NN=Nc2ccc(C(N)=O)cc2)cc1. The van der Waals surface area contributed by atoms with Crippen LogP contribution in [0.3, 0.4) is 0 Å². The molecule has 6 N–H and O–H groups in total. The summed E-state index contributed by atoms with van der Waals surface area (Å²) >= 11 is 0. The monoisotopic (exact) mass is 282 g/mol. The van der Waals surface area contributed by atoms with Crippen molar-refractivity contribution in [3.05, 3.63) is 59.7 Å². The summed E-state index contributed by atoms with van der Waals surface area (Å²) in [5.41, 5.74) is 15.6. The number of amidine groups is 1. The Morgan fingerprint density at radius 1 is 0.952 bits per heavy atom. The highest BCUT2D eigenvalue weighted by Gasteiger charge is 1.99. The molecule has 0 saturated heterocycles. The number of nitrogens with one attached hydrogen (secondary N) is 2. The minimum absolute atomic E-state index is 0.0118. The number of nitrogen functional groups attached to an aromatic ring is 1. The Balaban J connectivity index is 1.98. The molecule has 106 valence electrons. The molecule has 0 fully saturated rings. The van der Waals surface area contributed by atoms with Gasteiger partial charge in [0, 0.05) is 11.1 Å². The summed E-state index contributed by atoms with van der Waals surface area (Å²) in [6, 6.07) is 13.4. The molecule has 0 unspecified atom stereocenters. The molecule has 21 heavy (non-hydrogen) atoms. The van der Waals surface area contributed by atoms with Crippen LogP contribution in [0.25, 0.3) is 0 Å². The number of nitrogens with two attached hydrogens (primary N) is 2. The lowest BCUT2D eigenvalue weighted by molar-refractivity contribution is 0.100. The lowest BCUT2D eigenvalue weighted by Crippen LogP contribution is -2.10.